The highest BCUT2D eigenvalue weighted by Crippen LogP contribution is 2.27. The van der Waals surface area contributed by atoms with Crippen LogP contribution in [-0.2, 0) is 4.79 Å². The third-order valence-electron chi connectivity index (χ3n) is 2.29. The van der Waals surface area contributed by atoms with Gasteiger partial charge in [0.05, 0.1) is 10.5 Å². The quantitative estimate of drug-likeness (QED) is 0.309. The summed E-state index contributed by atoms with van der Waals surface area (Å²) in [7, 11) is 0. The van der Waals surface area contributed by atoms with Crippen molar-refractivity contribution in [2.45, 2.75) is 6.42 Å². The summed E-state index contributed by atoms with van der Waals surface area (Å²) in [6.45, 7) is 0.0425. The van der Waals surface area contributed by atoms with Crippen LogP contribution in [0.5, 0.6) is 0 Å². The minimum atomic E-state index is -0.657. The molecule has 6 N–H and O–H groups in total. The Hall–Kier alpha value is -2.68. The highest BCUT2D eigenvalue weighted by Gasteiger charge is 2.20. The van der Waals surface area contributed by atoms with E-state index in [9.17, 15) is 19.7 Å². The smallest absolute Gasteiger partial charge is 0.294 e. The molecule has 0 atom stereocenters. The molecular formula is C10H13N5O4. The number of rotatable bonds is 6. The molecule has 1 aromatic carbocycles. The fourth-order valence-corrected chi connectivity index (χ4v) is 1.43. The van der Waals surface area contributed by atoms with Crippen molar-refractivity contribution >= 4 is 23.2 Å². The number of hydrazine groups is 1. The lowest BCUT2D eigenvalue weighted by Crippen LogP contribution is -2.29. The molecule has 1 rings (SSSR count). The lowest BCUT2D eigenvalue weighted by Gasteiger charge is -2.09. The molecular weight excluding hydrogens is 254 g/mol. The molecule has 0 heterocycles. The number of hydrogen-bond donors (Lipinski definition) is 4. The predicted octanol–water partition coefficient (Wildman–Crippen LogP) is -0.514. The van der Waals surface area contributed by atoms with Crippen LogP contribution < -0.4 is 22.3 Å². The second-order valence-corrected chi connectivity index (χ2v) is 3.57. The van der Waals surface area contributed by atoms with E-state index in [0.717, 1.165) is 0 Å². The zero-order chi connectivity index (χ0) is 14.4. The van der Waals surface area contributed by atoms with Crippen LogP contribution >= 0.6 is 0 Å². The summed E-state index contributed by atoms with van der Waals surface area (Å²) in [6.07, 6.45) is -0.0218. The van der Waals surface area contributed by atoms with Crippen LogP contribution in [0.1, 0.15) is 16.8 Å². The van der Waals surface area contributed by atoms with Crippen molar-refractivity contribution in [3.8, 4) is 0 Å². The Balaban J connectivity index is 2.93. The van der Waals surface area contributed by atoms with E-state index in [1.54, 1.807) is 0 Å². The lowest BCUT2D eigenvalue weighted by atomic mass is 10.1. The first-order valence-corrected chi connectivity index (χ1v) is 5.28. The number of para-hydroxylation sites is 1. The number of nitrogens with zero attached hydrogens (tertiary/aromatic N) is 1. The Kier molecular flexibility index (Phi) is 4.77. The molecule has 9 nitrogen and oxygen atoms in total. The normalized spacial score (nSPS) is 9.74. The van der Waals surface area contributed by atoms with Gasteiger partial charge in [0.2, 0.25) is 5.91 Å². The van der Waals surface area contributed by atoms with Gasteiger partial charge in [-0.15, -0.1) is 0 Å². The highest BCUT2D eigenvalue weighted by molar-refractivity contribution is 6.01. The number of nitro benzene ring substituents is 1. The van der Waals surface area contributed by atoms with E-state index in [2.05, 4.69) is 10.7 Å². The van der Waals surface area contributed by atoms with Crippen molar-refractivity contribution in [3.63, 3.8) is 0 Å². The fourth-order valence-electron chi connectivity index (χ4n) is 1.43. The average molecular weight is 267 g/mol. The maximum atomic E-state index is 11.8. The number of anilines is 1. The fraction of sp³-hybridized carbons (Fsp3) is 0.200. The van der Waals surface area contributed by atoms with Gasteiger partial charge in [-0.05, 0) is 6.07 Å². The van der Waals surface area contributed by atoms with Crippen LogP contribution in [-0.4, -0.2) is 23.3 Å². The lowest BCUT2D eigenvalue weighted by molar-refractivity contribution is -0.384. The van der Waals surface area contributed by atoms with Gasteiger partial charge in [-0.25, -0.2) is 0 Å². The molecule has 102 valence electrons. The van der Waals surface area contributed by atoms with Gasteiger partial charge in [0.25, 0.3) is 11.6 Å². The van der Waals surface area contributed by atoms with Crippen molar-refractivity contribution in [2.75, 3.05) is 12.0 Å². The summed E-state index contributed by atoms with van der Waals surface area (Å²) in [5, 5.41) is 13.2. The molecule has 0 bridgehead atoms. The first-order chi connectivity index (χ1) is 8.97. The van der Waals surface area contributed by atoms with Crippen LogP contribution in [0.25, 0.3) is 0 Å². The number of nitrogen functional groups attached to an aromatic ring is 1. The van der Waals surface area contributed by atoms with E-state index in [1.165, 1.54) is 18.2 Å². The van der Waals surface area contributed by atoms with Gasteiger partial charge in [-0.2, -0.15) is 0 Å². The van der Waals surface area contributed by atoms with Crippen LogP contribution in [0.2, 0.25) is 0 Å². The van der Waals surface area contributed by atoms with Crippen LogP contribution in [0.15, 0.2) is 18.2 Å². The number of hydrogen-bond acceptors (Lipinski definition) is 6. The summed E-state index contributed by atoms with van der Waals surface area (Å²) >= 11 is 0. The van der Waals surface area contributed by atoms with E-state index in [-0.39, 0.29) is 29.9 Å². The molecule has 0 saturated carbocycles. The number of primary amides is 1. The molecule has 1 aromatic rings. The Morgan fingerprint density at radius 2 is 2.05 bits per heavy atom. The summed E-state index contributed by atoms with van der Waals surface area (Å²) in [5.74, 6) is 4.05. The number of carbonyl (C=O) groups is 2. The first kappa shape index (κ1) is 14.4. The Morgan fingerprint density at radius 1 is 1.37 bits per heavy atom. The topological polar surface area (TPSA) is 153 Å². The van der Waals surface area contributed by atoms with E-state index in [4.69, 9.17) is 11.6 Å². The van der Waals surface area contributed by atoms with Gasteiger partial charge < -0.3 is 16.5 Å². The Morgan fingerprint density at radius 3 is 2.58 bits per heavy atom. The van der Waals surface area contributed by atoms with Crippen LogP contribution in [0.3, 0.4) is 0 Å². The minimum Gasteiger partial charge on any atom is -0.370 e. The van der Waals surface area contributed by atoms with Gasteiger partial charge in [0, 0.05) is 19.0 Å². The molecule has 0 aliphatic rings. The predicted molar refractivity (Wildman–Crippen MR) is 67.1 cm³/mol. The summed E-state index contributed by atoms with van der Waals surface area (Å²) in [5.41, 5.74) is 6.66. The number of nitrogens with one attached hydrogen (secondary N) is 2. The molecule has 0 aliphatic heterocycles. The molecule has 19 heavy (non-hydrogen) atoms. The molecule has 0 aromatic heterocycles. The monoisotopic (exact) mass is 267 g/mol. The zero-order valence-corrected chi connectivity index (χ0v) is 9.88. The van der Waals surface area contributed by atoms with Gasteiger partial charge in [0.15, 0.2) is 0 Å². The van der Waals surface area contributed by atoms with Gasteiger partial charge in [-0.1, -0.05) is 6.07 Å². The summed E-state index contributed by atoms with van der Waals surface area (Å²) in [6, 6.07) is 3.96. The number of nitro groups is 1. The first-order valence-electron chi connectivity index (χ1n) is 5.28. The molecule has 9 heteroatoms. The SMILES string of the molecule is NNc1c(C(=O)NCCC(N)=O)cccc1[N+](=O)[O-]. The highest BCUT2D eigenvalue weighted by atomic mass is 16.6. The minimum absolute atomic E-state index is 0.0150. The average Bonchev–Trinajstić information content (AvgIpc) is 2.36. The molecule has 0 saturated heterocycles. The number of amides is 2. The van der Waals surface area contributed by atoms with Crippen molar-refractivity contribution < 1.29 is 14.5 Å². The third-order valence-corrected chi connectivity index (χ3v) is 2.29. The van der Waals surface area contributed by atoms with E-state index in [0.29, 0.717) is 0 Å². The molecule has 0 radical (unpaired) electrons. The summed E-state index contributed by atoms with van der Waals surface area (Å²) < 4.78 is 0. The maximum absolute atomic E-state index is 11.8. The maximum Gasteiger partial charge on any atom is 0.294 e. The number of carbonyl (C=O) groups excluding carboxylic acids is 2. The van der Waals surface area contributed by atoms with Crippen molar-refractivity contribution in [1.29, 1.82) is 0 Å². The zero-order valence-electron chi connectivity index (χ0n) is 9.88. The van der Waals surface area contributed by atoms with Gasteiger partial charge in [0.1, 0.15) is 5.69 Å². The number of benzene rings is 1. The van der Waals surface area contributed by atoms with Gasteiger partial charge >= 0.3 is 0 Å². The Labute approximate surface area is 108 Å². The van der Waals surface area contributed by atoms with Crippen LogP contribution in [0.4, 0.5) is 11.4 Å². The molecule has 0 spiro atoms. The van der Waals surface area contributed by atoms with Crippen LogP contribution in [0, 0.1) is 10.1 Å². The van der Waals surface area contributed by atoms with Crippen molar-refractivity contribution in [1.82, 2.24) is 5.32 Å². The Bertz CT molecular complexity index is 517. The van der Waals surface area contributed by atoms with Gasteiger partial charge in [-0.3, -0.25) is 25.5 Å². The largest absolute Gasteiger partial charge is 0.370 e. The third kappa shape index (κ3) is 3.64. The molecule has 0 aliphatic carbocycles. The summed E-state index contributed by atoms with van der Waals surface area (Å²) in [4.78, 5) is 32.5. The second kappa shape index (κ2) is 6.31. The molecule has 0 fully saturated rings. The van der Waals surface area contributed by atoms with Crippen molar-refractivity contribution in [2.24, 2.45) is 11.6 Å². The van der Waals surface area contributed by atoms with Crippen molar-refractivity contribution in [3.05, 3.63) is 33.9 Å². The van der Waals surface area contributed by atoms with E-state index < -0.39 is 16.7 Å². The standard InChI is InChI=1S/C10H13N5O4/c11-8(16)4-5-13-10(17)6-2-1-3-7(15(18)19)9(6)14-12/h1-3,14H,4-5,12H2,(H2,11,16)(H,13,17). The molecule has 0 unspecified atom stereocenters. The van der Waals surface area contributed by atoms with E-state index >= 15 is 0 Å². The second-order valence-electron chi connectivity index (χ2n) is 3.57. The number of nitrogens with two attached hydrogens (primary N) is 2. The van der Waals surface area contributed by atoms with E-state index in [1.807, 2.05) is 0 Å². The molecule has 2 amide bonds.